The van der Waals surface area contributed by atoms with Gasteiger partial charge >= 0.3 is 0 Å². The van der Waals surface area contributed by atoms with E-state index in [0.717, 1.165) is 32.6 Å². The third-order valence-electron chi connectivity index (χ3n) is 1.84. The van der Waals surface area contributed by atoms with Crippen LogP contribution in [-0.4, -0.2) is 38.8 Å². The maximum absolute atomic E-state index is 5.40. The summed E-state index contributed by atoms with van der Waals surface area (Å²) in [6, 6.07) is 0. The molecule has 0 saturated carbocycles. The molecule has 0 fully saturated rings. The Labute approximate surface area is 88.2 Å². The summed E-state index contributed by atoms with van der Waals surface area (Å²) in [5, 5.41) is 0. The molecule has 0 atom stereocenters. The summed E-state index contributed by atoms with van der Waals surface area (Å²) < 4.78 is 5.40. The Balaban J connectivity index is 3.07. The first kappa shape index (κ1) is 13.4. The smallest absolute Gasteiger partial charge is 0.0648 e. The van der Waals surface area contributed by atoms with Gasteiger partial charge in [0.1, 0.15) is 0 Å². The SMILES string of the molecule is C=CCCCC=CCOCCN(C)C. The fourth-order valence-electron chi connectivity index (χ4n) is 0.964. The van der Waals surface area contributed by atoms with Crippen LogP contribution in [0, 0.1) is 0 Å². The molecular formula is C12H23NO. The molecule has 82 valence electrons. The van der Waals surface area contributed by atoms with Crippen LogP contribution in [-0.2, 0) is 4.74 Å². The van der Waals surface area contributed by atoms with Crippen molar-refractivity contribution in [1.82, 2.24) is 4.90 Å². The van der Waals surface area contributed by atoms with E-state index in [1.807, 2.05) is 6.08 Å². The lowest BCUT2D eigenvalue weighted by Gasteiger charge is -2.08. The molecule has 0 aromatic heterocycles. The van der Waals surface area contributed by atoms with Gasteiger partial charge in [0.15, 0.2) is 0 Å². The first-order chi connectivity index (χ1) is 6.77. The van der Waals surface area contributed by atoms with Gasteiger partial charge in [-0.25, -0.2) is 0 Å². The van der Waals surface area contributed by atoms with E-state index >= 15 is 0 Å². The normalized spacial score (nSPS) is 11.4. The van der Waals surface area contributed by atoms with Gasteiger partial charge < -0.3 is 9.64 Å². The van der Waals surface area contributed by atoms with Crippen LogP contribution in [0.4, 0.5) is 0 Å². The zero-order valence-corrected chi connectivity index (χ0v) is 9.54. The van der Waals surface area contributed by atoms with Crippen LogP contribution < -0.4 is 0 Å². The first-order valence-corrected chi connectivity index (χ1v) is 5.25. The minimum absolute atomic E-state index is 0.738. The van der Waals surface area contributed by atoms with E-state index in [9.17, 15) is 0 Å². The van der Waals surface area contributed by atoms with Crippen LogP contribution >= 0.6 is 0 Å². The second-order valence-electron chi connectivity index (χ2n) is 3.57. The van der Waals surface area contributed by atoms with Crippen LogP contribution in [0.1, 0.15) is 19.3 Å². The summed E-state index contributed by atoms with van der Waals surface area (Å²) >= 11 is 0. The van der Waals surface area contributed by atoms with Gasteiger partial charge in [0.05, 0.1) is 13.2 Å². The quantitative estimate of drug-likeness (QED) is 0.416. The number of hydrogen-bond acceptors (Lipinski definition) is 2. The Hall–Kier alpha value is -0.600. The summed E-state index contributed by atoms with van der Waals surface area (Å²) in [4.78, 5) is 2.12. The highest BCUT2D eigenvalue weighted by molar-refractivity contribution is 4.82. The van der Waals surface area contributed by atoms with Gasteiger partial charge in [0.25, 0.3) is 0 Å². The van der Waals surface area contributed by atoms with Crippen molar-refractivity contribution in [3.63, 3.8) is 0 Å². The molecule has 0 unspecified atom stereocenters. The molecule has 0 saturated heterocycles. The predicted molar refractivity (Wildman–Crippen MR) is 62.6 cm³/mol. The minimum Gasteiger partial charge on any atom is -0.376 e. The van der Waals surface area contributed by atoms with Crippen LogP contribution in [0.5, 0.6) is 0 Å². The summed E-state index contributed by atoms with van der Waals surface area (Å²) in [5.41, 5.74) is 0. The van der Waals surface area contributed by atoms with E-state index in [0.29, 0.717) is 0 Å². The summed E-state index contributed by atoms with van der Waals surface area (Å²) in [6.45, 7) is 6.22. The molecule has 0 N–H and O–H groups in total. The van der Waals surface area contributed by atoms with Crippen LogP contribution in [0.25, 0.3) is 0 Å². The molecule has 0 rings (SSSR count). The Morgan fingerprint density at radius 3 is 2.64 bits per heavy atom. The highest BCUT2D eigenvalue weighted by Gasteiger charge is 1.87. The van der Waals surface area contributed by atoms with Crippen LogP contribution in [0.3, 0.4) is 0 Å². The van der Waals surface area contributed by atoms with Gasteiger partial charge in [0, 0.05) is 6.54 Å². The second-order valence-corrected chi connectivity index (χ2v) is 3.57. The Kier molecular flexibility index (Phi) is 10.0. The number of likely N-dealkylation sites (N-methyl/N-ethyl adjacent to an activating group) is 1. The van der Waals surface area contributed by atoms with Gasteiger partial charge in [0.2, 0.25) is 0 Å². The lowest BCUT2D eigenvalue weighted by Crippen LogP contribution is -2.17. The molecule has 0 aliphatic heterocycles. The molecule has 0 aliphatic rings. The van der Waals surface area contributed by atoms with Gasteiger partial charge in [-0.3, -0.25) is 0 Å². The molecule has 14 heavy (non-hydrogen) atoms. The summed E-state index contributed by atoms with van der Waals surface area (Å²) in [6.07, 6.45) is 9.66. The van der Waals surface area contributed by atoms with Crippen molar-refractivity contribution < 1.29 is 4.74 Å². The molecule has 0 radical (unpaired) electrons. The monoisotopic (exact) mass is 197 g/mol. The molecule has 0 spiro atoms. The lowest BCUT2D eigenvalue weighted by molar-refractivity contribution is 0.141. The van der Waals surface area contributed by atoms with Crippen molar-refractivity contribution in [3.8, 4) is 0 Å². The maximum atomic E-state index is 5.40. The molecule has 0 aromatic carbocycles. The highest BCUT2D eigenvalue weighted by Crippen LogP contribution is 1.96. The predicted octanol–water partition coefficient (Wildman–Crippen LogP) is 2.48. The zero-order valence-electron chi connectivity index (χ0n) is 9.54. The van der Waals surface area contributed by atoms with Gasteiger partial charge in [-0.05, 0) is 33.4 Å². The van der Waals surface area contributed by atoms with Crippen LogP contribution in [0.15, 0.2) is 24.8 Å². The maximum Gasteiger partial charge on any atom is 0.0648 e. The number of rotatable bonds is 9. The number of allylic oxidation sites excluding steroid dienone is 2. The van der Waals surface area contributed by atoms with Gasteiger partial charge in [-0.15, -0.1) is 6.58 Å². The van der Waals surface area contributed by atoms with Crippen molar-refractivity contribution in [1.29, 1.82) is 0 Å². The number of nitrogens with zero attached hydrogens (tertiary/aromatic N) is 1. The zero-order chi connectivity index (χ0) is 10.6. The largest absolute Gasteiger partial charge is 0.376 e. The first-order valence-electron chi connectivity index (χ1n) is 5.25. The molecular weight excluding hydrogens is 174 g/mol. The highest BCUT2D eigenvalue weighted by atomic mass is 16.5. The lowest BCUT2D eigenvalue weighted by atomic mass is 10.2. The van der Waals surface area contributed by atoms with E-state index in [1.54, 1.807) is 0 Å². The fourth-order valence-corrected chi connectivity index (χ4v) is 0.964. The Morgan fingerprint density at radius 1 is 1.21 bits per heavy atom. The van der Waals surface area contributed by atoms with E-state index in [2.05, 4.69) is 37.7 Å². The summed E-state index contributed by atoms with van der Waals surface area (Å²) in [5.74, 6) is 0. The van der Waals surface area contributed by atoms with E-state index < -0.39 is 0 Å². The van der Waals surface area contributed by atoms with Crippen molar-refractivity contribution in [3.05, 3.63) is 24.8 Å². The van der Waals surface area contributed by atoms with E-state index in [-0.39, 0.29) is 0 Å². The van der Waals surface area contributed by atoms with Crippen molar-refractivity contribution >= 4 is 0 Å². The molecule has 2 nitrogen and oxygen atoms in total. The number of hydrogen-bond donors (Lipinski definition) is 0. The third-order valence-corrected chi connectivity index (χ3v) is 1.84. The number of ether oxygens (including phenoxy) is 1. The van der Waals surface area contributed by atoms with Crippen molar-refractivity contribution in [2.45, 2.75) is 19.3 Å². The average molecular weight is 197 g/mol. The molecule has 2 heteroatoms. The topological polar surface area (TPSA) is 12.5 Å². The van der Waals surface area contributed by atoms with E-state index in [4.69, 9.17) is 4.74 Å². The molecule has 0 heterocycles. The average Bonchev–Trinajstić information content (AvgIpc) is 2.15. The van der Waals surface area contributed by atoms with Crippen molar-refractivity contribution in [2.75, 3.05) is 33.9 Å². The summed E-state index contributed by atoms with van der Waals surface area (Å²) in [7, 11) is 4.10. The Bertz CT molecular complexity index is 152. The molecule has 0 aliphatic carbocycles. The molecule has 0 aromatic rings. The third kappa shape index (κ3) is 11.4. The van der Waals surface area contributed by atoms with E-state index in [1.165, 1.54) is 6.42 Å². The molecule has 0 bridgehead atoms. The standard InChI is InChI=1S/C12H23NO/c1-4-5-6-7-8-9-11-14-12-10-13(2)3/h4,8-9H,1,5-7,10-12H2,2-3H3. The molecule has 0 amide bonds. The van der Waals surface area contributed by atoms with Gasteiger partial charge in [-0.1, -0.05) is 18.2 Å². The Morgan fingerprint density at radius 2 is 2.00 bits per heavy atom. The second kappa shape index (κ2) is 10.5. The fraction of sp³-hybridized carbons (Fsp3) is 0.667. The van der Waals surface area contributed by atoms with Gasteiger partial charge in [-0.2, -0.15) is 0 Å². The number of unbranched alkanes of at least 4 members (excludes halogenated alkanes) is 2. The van der Waals surface area contributed by atoms with Crippen molar-refractivity contribution in [2.24, 2.45) is 0 Å². The minimum atomic E-state index is 0.738. The van der Waals surface area contributed by atoms with Crippen LogP contribution in [0.2, 0.25) is 0 Å².